The van der Waals surface area contributed by atoms with Crippen LogP contribution < -0.4 is 10.9 Å². The Morgan fingerprint density at radius 2 is 1.83 bits per heavy atom. The summed E-state index contributed by atoms with van der Waals surface area (Å²) in [6.07, 6.45) is -2.18. The lowest BCUT2D eigenvalue weighted by Gasteiger charge is -2.15. The average Bonchev–Trinajstić information content (AvgIpc) is 3.00. The molecule has 1 aliphatic rings. The molecule has 23 heavy (non-hydrogen) atoms. The molecule has 1 N–H and O–H groups in total. The van der Waals surface area contributed by atoms with Crippen LogP contribution in [0.1, 0.15) is 18.4 Å². The van der Waals surface area contributed by atoms with Gasteiger partial charge in [0.15, 0.2) is 0 Å². The van der Waals surface area contributed by atoms with Crippen molar-refractivity contribution in [1.82, 2.24) is 14.8 Å². The maximum Gasteiger partial charge on any atom is 0.417 e. The number of carbonyl (C=O) groups excluding carboxylic acids is 2. The Balaban J connectivity index is 1.94. The Labute approximate surface area is 129 Å². The predicted octanol–water partition coefficient (Wildman–Crippen LogP) is 0.606. The van der Waals surface area contributed by atoms with Gasteiger partial charge in [0.2, 0.25) is 11.8 Å². The van der Waals surface area contributed by atoms with Gasteiger partial charge in [0.25, 0.3) is 5.56 Å². The molecule has 126 valence electrons. The van der Waals surface area contributed by atoms with E-state index in [1.54, 1.807) is 4.90 Å². The maximum absolute atomic E-state index is 12.6. The molecule has 1 aromatic heterocycles. The first kappa shape index (κ1) is 17.0. The van der Waals surface area contributed by atoms with E-state index in [-0.39, 0.29) is 12.5 Å². The molecule has 1 fully saturated rings. The van der Waals surface area contributed by atoms with E-state index >= 15 is 0 Å². The van der Waals surface area contributed by atoms with Crippen LogP contribution in [0.15, 0.2) is 23.1 Å². The Morgan fingerprint density at radius 1 is 1.17 bits per heavy atom. The maximum atomic E-state index is 12.6. The van der Waals surface area contributed by atoms with E-state index in [2.05, 4.69) is 5.32 Å². The van der Waals surface area contributed by atoms with Crippen LogP contribution in [-0.2, 0) is 22.3 Å². The van der Waals surface area contributed by atoms with E-state index in [9.17, 15) is 27.6 Å². The van der Waals surface area contributed by atoms with E-state index < -0.39 is 29.8 Å². The lowest BCUT2D eigenvalue weighted by molar-refractivity contribution is -0.138. The smallest absolute Gasteiger partial charge is 0.345 e. The van der Waals surface area contributed by atoms with Crippen LogP contribution in [0.5, 0.6) is 0 Å². The lowest BCUT2D eigenvalue weighted by Crippen LogP contribution is -2.40. The SMILES string of the molecule is O=C(Cn1cc(C(F)(F)F)ccc1=O)NCC(=O)N1CCCC1. The first-order valence-electron chi connectivity index (χ1n) is 7.09. The Hall–Kier alpha value is -2.32. The summed E-state index contributed by atoms with van der Waals surface area (Å²) >= 11 is 0. The second-order valence-corrected chi connectivity index (χ2v) is 5.25. The molecule has 0 saturated carbocycles. The van der Waals surface area contributed by atoms with Crippen molar-refractivity contribution in [3.63, 3.8) is 0 Å². The largest absolute Gasteiger partial charge is 0.417 e. The number of hydrogen-bond donors (Lipinski definition) is 1. The number of pyridine rings is 1. The molecule has 6 nitrogen and oxygen atoms in total. The minimum absolute atomic E-state index is 0.230. The monoisotopic (exact) mass is 331 g/mol. The molecule has 9 heteroatoms. The summed E-state index contributed by atoms with van der Waals surface area (Å²) in [6, 6.07) is 1.42. The van der Waals surface area contributed by atoms with E-state index in [4.69, 9.17) is 0 Å². The van der Waals surface area contributed by atoms with Crippen LogP contribution in [-0.4, -0.2) is 40.9 Å². The highest BCUT2D eigenvalue weighted by molar-refractivity contribution is 5.84. The van der Waals surface area contributed by atoms with Crippen molar-refractivity contribution in [2.45, 2.75) is 25.6 Å². The molecule has 0 unspecified atom stereocenters. The summed E-state index contributed by atoms with van der Waals surface area (Å²) in [7, 11) is 0. The average molecular weight is 331 g/mol. The number of alkyl halides is 3. The molecule has 1 aromatic rings. The zero-order valence-corrected chi connectivity index (χ0v) is 12.2. The Kier molecular flexibility index (Phi) is 5.07. The highest BCUT2D eigenvalue weighted by Gasteiger charge is 2.31. The number of amides is 2. The zero-order valence-electron chi connectivity index (χ0n) is 12.2. The van der Waals surface area contributed by atoms with E-state index in [1.807, 2.05) is 0 Å². The fraction of sp³-hybridized carbons (Fsp3) is 0.500. The number of nitrogens with zero attached hydrogens (tertiary/aromatic N) is 2. The molecule has 0 aliphatic carbocycles. The molecule has 1 saturated heterocycles. The van der Waals surface area contributed by atoms with Crippen molar-refractivity contribution >= 4 is 11.8 Å². The quantitative estimate of drug-likeness (QED) is 0.878. The number of nitrogens with one attached hydrogen (secondary N) is 1. The van der Waals surface area contributed by atoms with Crippen molar-refractivity contribution in [2.24, 2.45) is 0 Å². The van der Waals surface area contributed by atoms with Crippen molar-refractivity contribution in [2.75, 3.05) is 19.6 Å². The van der Waals surface area contributed by atoms with Gasteiger partial charge in [0.05, 0.1) is 12.1 Å². The fourth-order valence-electron chi connectivity index (χ4n) is 2.29. The van der Waals surface area contributed by atoms with Crippen molar-refractivity contribution in [3.05, 3.63) is 34.2 Å². The van der Waals surface area contributed by atoms with Gasteiger partial charge in [-0.2, -0.15) is 13.2 Å². The van der Waals surface area contributed by atoms with Crippen LogP contribution >= 0.6 is 0 Å². The first-order valence-corrected chi connectivity index (χ1v) is 7.09. The molecule has 2 heterocycles. The van der Waals surface area contributed by atoms with Crippen molar-refractivity contribution < 1.29 is 22.8 Å². The lowest BCUT2D eigenvalue weighted by atomic mass is 10.3. The first-order chi connectivity index (χ1) is 10.8. The summed E-state index contributed by atoms with van der Waals surface area (Å²) in [5, 5.41) is 2.32. The second kappa shape index (κ2) is 6.84. The molecule has 2 rings (SSSR count). The molecule has 0 spiro atoms. The summed E-state index contributed by atoms with van der Waals surface area (Å²) in [5.74, 6) is -0.939. The number of hydrogen-bond acceptors (Lipinski definition) is 3. The summed E-state index contributed by atoms with van der Waals surface area (Å²) < 4.78 is 38.5. The van der Waals surface area contributed by atoms with Gasteiger partial charge in [-0.3, -0.25) is 14.4 Å². The standard InChI is InChI=1S/C14H16F3N3O3/c15-14(16,17)10-3-4-12(22)20(8-10)9-11(21)18-7-13(23)19-5-1-2-6-19/h3-4,8H,1-2,5-7,9H2,(H,18,21). The zero-order chi connectivity index (χ0) is 17.0. The van der Waals surface area contributed by atoms with Gasteiger partial charge >= 0.3 is 6.18 Å². The summed E-state index contributed by atoms with van der Waals surface area (Å²) in [6.45, 7) is 0.478. The highest BCUT2D eigenvalue weighted by Crippen LogP contribution is 2.27. The molecule has 0 aromatic carbocycles. The van der Waals surface area contributed by atoms with E-state index in [0.29, 0.717) is 29.9 Å². The van der Waals surface area contributed by atoms with Crippen LogP contribution in [0.2, 0.25) is 0 Å². The second-order valence-electron chi connectivity index (χ2n) is 5.25. The van der Waals surface area contributed by atoms with Crippen LogP contribution in [0.3, 0.4) is 0 Å². The molecule has 0 bridgehead atoms. The van der Waals surface area contributed by atoms with Gasteiger partial charge in [-0.1, -0.05) is 0 Å². The van der Waals surface area contributed by atoms with Gasteiger partial charge < -0.3 is 14.8 Å². The minimum Gasteiger partial charge on any atom is -0.345 e. The Morgan fingerprint density at radius 3 is 2.43 bits per heavy atom. The molecular weight excluding hydrogens is 315 g/mol. The summed E-state index contributed by atoms with van der Waals surface area (Å²) in [5.41, 5.74) is -1.74. The number of likely N-dealkylation sites (tertiary alicyclic amines) is 1. The molecule has 2 amide bonds. The third kappa shape index (κ3) is 4.57. The topological polar surface area (TPSA) is 71.4 Å². The third-order valence-corrected chi connectivity index (χ3v) is 3.52. The third-order valence-electron chi connectivity index (χ3n) is 3.52. The summed E-state index contributed by atoms with van der Waals surface area (Å²) in [4.78, 5) is 36.6. The highest BCUT2D eigenvalue weighted by atomic mass is 19.4. The van der Waals surface area contributed by atoms with Crippen molar-refractivity contribution in [1.29, 1.82) is 0 Å². The van der Waals surface area contributed by atoms with Gasteiger partial charge in [-0.25, -0.2) is 0 Å². The number of rotatable bonds is 4. The number of halogens is 3. The van der Waals surface area contributed by atoms with Gasteiger partial charge in [0.1, 0.15) is 6.54 Å². The molecule has 0 atom stereocenters. The molecule has 0 radical (unpaired) electrons. The van der Waals surface area contributed by atoms with Crippen LogP contribution in [0, 0.1) is 0 Å². The normalized spacial score (nSPS) is 14.8. The number of carbonyl (C=O) groups is 2. The predicted molar refractivity (Wildman–Crippen MR) is 74.5 cm³/mol. The minimum atomic E-state index is -4.60. The van der Waals surface area contributed by atoms with E-state index in [0.717, 1.165) is 18.9 Å². The molecular formula is C14H16F3N3O3. The van der Waals surface area contributed by atoms with Crippen LogP contribution in [0.4, 0.5) is 13.2 Å². The molecule has 1 aliphatic heterocycles. The van der Waals surface area contributed by atoms with E-state index in [1.165, 1.54) is 0 Å². The van der Waals surface area contributed by atoms with Crippen molar-refractivity contribution in [3.8, 4) is 0 Å². The van der Waals surface area contributed by atoms with Crippen LogP contribution in [0.25, 0.3) is 0 Å². The van der Waals surface area contributed by atoms with Gasteiger partial charge in [-0.15, -0.1) is 0 Å². The fourth-order valence-corrected chi connectivity index (χ4v) is 2.29. The number of aromatic nitrogens is 1. The Bertz CT molecular complexity index is 649. The van der Waals surface area contributed by atoms with Gasteiger partial charge in [-0.05, 0) is 18.9 Å². The van der Waals surface area contributed by atoms with Gasteiger partial charge in [0, 0.05) is 25.4 Å².